The highest BCUT2D eigenvalue weighted by Gasteiger charge is 2.16. The van der Waals surface area contributed by atoms with Crippen LogP contribution in [-0.2, 0) is 4.79 Å². The number of nitrogens with one attached hydrogen (secondary N) is 2. The number of carbonyl (C=O) groups is 2. The molecule has 162 valence electrons. The van der Waals surface area contributed by atoms with Crippen molar-refractivity contribution in [3.63, 3.8) is 0 Å². The highest BCUT2D eigenvalue weighted by atomic mass is 35.5. The van der Waals surface area contributed by atoms with E-state index < -0.39 is 5.91 Å². The molecule has 0 unspecified atom stereocenters. The van der Waals surface area contributed by atoms with Gasteiger partial charge in [0.15, 0.2) is 11.7 Å². The molecule has 0 bridgehead atoms. The first-order chi connectivity index (χ1) is 15.5. The van der Waals surface area contributed by atoms with E-state index in [9.17, 15) is 9.59 Å². The fourth-order valence-electron chi connectivity index (χ4n) is 2.95. The lowest BCUT2D eigenvalue weighted by atomic mass is 10.2. The monoisotopic (exact) mass is 467 g/mol. The van der Waals surface area contributed by atoms with Gasteiger partial charge in [-0.2, -0.15) is 0 Å². The number of ether oxygens (including phenoxy) is 2. The number of anilines is 2. The summed E-state index contributed by atoms with van der Waals surface area (Å²) in [5.41, 5.74) is 1.62. The average molecular weight is 468 g/mol. The predicted octanol–water partition coefficient (Wildman–Crippen LogP) is 5.23. The summed E-state index contributed by atoms with van der Waals surface area (Å²) in [5, 5.41) is 6.35. The second kappa shape index (κ2) is 9.67. The SMILES string of the molecule is COc1ccc(NC(=O)COc2ccccc2C(=O)Nc2nc3ccccc3s2)cc1Cl. The highest BCUT2D eigenvalue weighted by molar-refractivity contribution is 7.22. The summed E-state index contributed by atoms with van der Waals surface area (Å²) in [6.45, 7) is -0.283. The fraction of sp³-hybridized carbons (Fsp3) is 0.0870. The molecule has 32 heavy (non-hydrogen) atoms. The third-order valence-electron chi connectivity index (χ3n) is 4.44. The van der Waals surface area contributed by atoms with Gasteiger partial charge in [0.2, 0.25) is 0 Å². The van der Waals surface area contributed by atoms with Crippen LogP contribution in [0, 0.1) is 0 Å². The largest absolute Gasteiger partial charge is 0.495 e. The van der Waals surface area contributed by atoms with E-state index in [1.807, 2.05) is 24.3 Å². The zero-order chi connectivity index (χ0) is 22.5. The summed E-state index contributed by atoms with van der Waals surface area (Å²) >= 11 is 7.46. The number of thiazole rings is 1. The van der Waals surface area contributed by atoms with Gasteiger partial charge in [-0.15, -0.1) is 0 Å². The van der Waals surface area contributed by atoms with Gasteiger partial charge >= 0.3 is 0 Å². The van der Waals surface area contributed by atoms with Crippen LogP contribution >= 0.6 is 22.9 Å². The number of fused-ring (bicyclic) bond motifs is 1. The quantitative estimate of drug-likeness (QED) is 0.388. The van der Waals surface area contributed by atoms with Crippen LogP contribution in [0.15, 0.2) is 66.7 Å². The van der Waals surface area contributed by atoms with Gasteiger partial charge in [0.1, 0.15) is 11.5 Å². The molecular formula is C23H18ClN3O4S. The lowest BCUT2D eigenvalue weighted by molar-refractivity contribution is -0.118. The highest BCUT2D eigenvalue weighted by Crippen LogP contribution is 2.28. The number of benzene rings is 3. The number of amides is 2. The van der Waals surface area contributed by atoms with Crippen molar-refractivity contribution in [2.75, 3.05) is 24.4 Å². The molecule has 1 aromatic heterocycles. The molecule has 1 heterocycles. The summed E-state index contributed by atoms with van der Waals surface area (Å²) in [7, 11) is 1.51. The zero-order valence-corrected chi connectivity index (χ0v) is 18.5. The van der Waals surface area contributed by atoms with Crippen LogP contribution in [0.3, 0.4) is 0 Å². The average Bonchev–Trinajstić information content (AvgIpc) is 3.20. The number of methoxy groups -OCH3 is 1. The molecule has 2 amide bonds. The van der Waals surface area contributed by atoms with E-state index in [-0.39, 0.29) is 18.3 Å². The number of aromatic nitrogens is 1. The van der Waals surface area contributed by atoms with Gasteiger partial charge in [0.05, 0.1) is 27.9 Å². The molecule has 0 atom stereocenters. The number of halogens is 1. The van der Waals surface area contributed by atoms with Crippen molar-refractivity contribution in [2.45, 2.75) is 0 Å². The van der Waals surface area contributed by atoms with E-state index in [4.69, 9.17) is 21.1 Å². The zero-order valence-electron chi connectivity index (χ0n) is 16.9. The second-order valence-electron chi connectivity index (χ2n) is 6.62. The van der Waals surface area contributed by atoms with Crippen LogP contribution in [0.1, 0.15) is 10.4 Å². The number of nitrogens with zero attached hydrogens (tertiary/aromatic N) is 1. The minimum Gasteiger partial charge on any atom is -0.495 e. The molecule has 4 aromatic rings. The maximum absolute atomic E-state index is 12.8. The molecule has 0 saturated heterocycles. The van der Waals surface area contributed by atoms with E-state index in [0.717, 1.165) is 10.2 Å². The molecule has 0 fully saturated rings. The summed E-state index contributed by atoms with van der Waals surface area (Å²) in [4.78, 5) is 29.5. The number of rotatable bonds is 7. The smallest absolute Gasteiger partial charge is 0.262 e. The van der Waals surface area contributed by atoms with E-state index >= 15 is 0 Å². The minimum absolute atomic E-state index is 0.283. The van der Waals surface area contributed by atoms with Gasteiger partial charge in [-0.25, -0.2) is 4.98 Å². The van der Waals surface area contributed by atoms with Crippen molar-refractivity contribution in [1.29, 1.82) is 0 Å². The Kier molecular flexibility index (Phi) is 6.53. The Hall–Kier alpha value is -3.62. The molecule has 0 spiro atoms. The second-order valence-corrected chi connectivity index (χ2v) is 8.06. The van der Waals surface area contributed by atoms with E-state index in [1.165, 1.54) is 18.4 Å². The summed E-state index contributed by atoms with van der Waals surface area (Å²) in [6, 6.07) is 19.2. The number of hydrogen-bond acceptors (Lipinski definition) is 6. The van der Waals surface area contributed by atoms with Crippen molar-refractivity contribution in [3.05, 3.63) is 77.3 Å². The Labute approximate surface area is 193 Å². The van der Waals surface area contributed by atoms with Crippen molar-refractivity contribution < 1.29 is 19.1 Å². The van der Waals surface area contributed by atoms with Crippen LogP contribution < -0.4 is 20.1 Å². The predicted molar refractivity (Wildman–Crippen MR) is 126 cm³/mol. The molecule has 7 nitrogen and oxygen atoms in total. The van der Waals surface area contributed by atoms with Gasteiger partial charge in [0, 0.05) is 5.69 Å². The van der Waals surface area contributed by atoms with Gasteiger partial charge in [0.25, 0.3) is 11.8 Å². The van der Waals surface area contributed by atoms with Crippen molar-refractivity contribution in [3.8, 4) is 11.5 Å². The summed E-state index contributed by atoms with van der Waals surface area (Å²) in [5.74, 6) is 0.0256. The van der Waals surface area contributed by atoms with Crippen molar-refractivity contribution in [2.24, 2.45) is 0 Å². The third-order valence-corrected chi connectivity index (χ3v) is 5.69. The topological polar surface area (TPSA) is 89.5 Å². The molecular weight excluding hydrogens is 450 g/mol. The number of para-hydroxylation sites is 2. The summed E-state index contributed by atoms with van der Waals surface area (Å²) < 4.78 is 11.7. The molecule has 3 aromatic carbocycles. The van der Waals surface area contributed by atoms with Gasteiger partial charge in [-0.1, -0.05) is 47.2 Å². The first-order valence-corrected chi connectivity index (χ1v) is 10.7. The van der Waals surface area contributed by atoms with Crippen molar-refractivity contribution >= 4 is 55.8 Å². The molecule has 4 rings (SSSR count). The first-order valence-electron chi connectivity index (χ1n) is 9.55. The Morgan fingerprint density at radius 1 is 1.00 bits per heavy atom. The molecule has 0 aliphatic carbocycles. The van der Waals surface area contributed by atoms with Crippen LogP contribution in [0.4, 0.5) is 10.8 Å². The van der Waals surface area contributed by atoms with Crippen LogP contribution in [-0.4, -0.2) is 30.5 Å². The molecule has 0 radical (unpaired) electrons. The molecule has 0 aliphatic rings. The Bertz CT molecular complexity index is 1260. The van der Waals surface area contributed by atoms with Gasteiger partial charge < -0.3 is 14.8 Å². The lowest BCUT2D eigenvalue weighted by Crippen LogP contribution is -2.21. The summed E-state index contributed by atoms with van der Waals surface area (Å²) in [6.07, 6.45) is 0. The third kappa shape index (κ3) is 4.99. The molecule has 2 N–H and O–H groups in total. The Morgan fingerprint density at radius 3 is 2.56 bits per heavy atom. The van der Waals surface area contributed by atoms with Gasteiger partial charge in [-0.05, 0) is 42.5 Å². The van der Waals surface area contributed by atoms with E-state index in [2.05, 4.69) is 15.6 Å². The minimum atomic E-state index is -0.396. The van der Waals surface area contributed by atoms with Crippen LogP contribution in [0.5, 0.6) is 11.5 Å². The standard InChI is InChI=1S/C23H18ClN3O4S/c1-30-19-11-10-14(12-16(19)24)25-21(28)13-31-18-8-4-2-6-15(18)22(29)27-23-26-17-7-3-5-9-20(17)32-23/h2-12H,13H2,1H3,(H,25,28)(H,26,27,29). The maximum atomic E-state index is 12.8. The lowest BCUT2D eigenvalue weighted by Gasteiger charge is -2.12. The molecule has 9 heteroatoms. The van der Waals surface area contributed by atoms with Crippen LogP contribution in [0.25, 0.3) is 10.2 Å². The van der Waals surface area contributed by atoms with E-state index in [0.29, 0.717) is 27.2 Å². The maximum Gasteiger partial charge on any atom is 0.262 e. The Balaban J connectivity index is 1.41. The Morgan fingerprint density at radius 2 is 1.78 bits per heavy atom. The normalized spacial score (nSPS) is 10.6. The molecule has 0 saturated carbocycles. The molecule has 0 aliphatic heterocycles. The van der Waals surface area contributed by atoms with Crippen molar-refractivity contribution in [1.82, 2.24) is 4.98 Å². The fourth-order valence-corrected chi connectivity index (χ4v) is 4.07. The number of carbonyl (C=O) groups excluding carboxylic acids is 2. The van der Waals surface area contributed by atoms with Crippen LogP contribution in [0.2, 0.25) is 5.02 Å². The first kappa shape index (κ1) is 21.6. The number of hydrogen-bond donors (Lipinski definition) is 2. The van der Waals surface area contributed by atoms with Gasteiger partial charge in [-0.3, -0.25) is 14.9 Å². The van der Waals surface area contributed by atoms with E-state index in [1.54, 1.807) is 42.5 Å².